The lowest BCUT2D eigenvalue weighted by Crippen LogP contribution is -2.45. The maximum Gasteiger partial charge on any atom is 0.333 e. The van der Waals surface area contributed by atoms with Crippen LogP contribution in [0.5, 0.6) is 0 Å². The first kappa shape index (κ1) is 12.9. The highest BCUT2D eigenvalue weighted by Crippen LogP contribution is 2.26. The lowest BCUT2D eigenvalue weighted by atomic mass is 10.1. The lowest BCUT2D eigenvalue weighted by Gasteiger charge is -2.26. The van der Waals surface area contributed by atoms with E-state index in [1.165, 1.54) is 13.8 Å². The molecule has 0 radical (unpaired) electrons. The number of carbonyl (C=O) groups excluding carboxylic acids is 4. The van der Waals surface area contributed by atoms with E-state index in [0.717, 1.165) is 9.80 Å². The third-order valence-corrected chi connectivity index (χ3v) is 2.45. The molecule has 1 heterocycles. The first-order valence-electron chi connectivity index (χ1n) is 4.71. The van der Waals surface area contributed by atoms with E-state index in [1.807, 2.05) is 0 Å². The van der Waals surface area contributed by atoms with Gasteiger partial charge in [-0.1, -0.05) is 0 Å². The molecule has 0 aromatic rings. The van der Waals surface area contributed by atoms with Crippen LogP contribution in [-0.4, -0.2) is 53.7 Å². The minimum Gasteiger partial charge on any atom is -0.446 e. The Labute approximate surface area is 97.0 Å². The summed E-state index contributed by atoms with van der Waals surface area (Å²) in [7, 11) is 0. The SMILES string of the molecule is CC1(C)C(=O)N(COC=O)C(=O)N1COC=O. The molecule has 0 aliphatic carbocycles. The largest absolute Gasteiger partial charge is 0.446 e. The lowest BCUT2D eigenvalue weighted by molar-refractivity contribution is -0.142. The van der Waals surface area contributed by atoms with Gasteiger partial charge in [0.05, 0.1) is 0 Å². The van der Waals surface area contributed by atoms with Crippen LogP contribution in [0.2, 0.25) is 0 Å². The number of nitrogens with zero attached hydrogens (tertiary/aromatic N) is 2. The molecule has 8 heteroatoms. The average Bonchev–Trinajstić information content (AvgIpc) is 2.43. The van der Waals surface area contributed by atoms with Gasteiger partial charge in [0.25, 0.3) is 18.9 Å². The molecule has 1 aliphatic rings. The van der Waals surface area contributed by atoms with Crippen LogP contribution in [0.15, 0.2) is 0 Å². The van der Waals surface area contributed by atoms with Crippen LogP contribution in [0.25, 0.3) is 0 Å². The summed E-state index contributed by atoms with van der Waals surface area (Å²) >= 11 is 0. The third kappa shape index (κ3) is 2.19. The number of carbonyl (C=O) groups is 4. The highest BCUT2D eigenvalue weighted by Gasteiger charge is 2.51. The van der Waals surface area contributed by atoms with Crippen LogP contribution in [0.4, 0.5) is 4.79 Å². The molecule has 0 saturated carbocycles. The first-order valence-corrected chi connectivity index (χ1v) is 4.71. The van der Waals surface area contributed by atoms with E-state index in [-0.39, 0.29) is 19.7 Å². The fourth-order valence-electron chi connectivity index (χ4n) is 1.46. The summed E-state index contributed by atoms with van der Waals surface area (Å²) < 4.78 is 8.83. The molecule has 0 bridgehead atoms. The van der Waals surface area contributed by atoms with Gasteiger partial charge in [-0.25, -0.2) is 9.69 Å². The van der Waals surface area contributed by atoms with Gasteiger partial charge >= 0.3 is 6.03 Å². The predicted octanol–water partition coefficient (Wildman–Crippen LogP) is -0.710. The zero-order valence-corrected chi connectivity index (χ0v) is 9.41. The van der Waals surface area contributed by atoms with E-state index >= 15 is 0 Å². The van der Waals surface area contributed by atoms with Crippen LogP contribution in [0.3, 0.4) is 0 Å². The minimum atomic E-state index is -1.15. The van der Waals surface area contributed by atoms with E-state index in [4.69, 9.17) is 0 Å². The molecule has 0 N–H and O–H groups in total. The van der Waals surface area contributed by atoms with E-state index in [9.17, 15) is 19.2 Å². The summed E-state index contributed by atoms with van der Waals surface area (Å²) in [4.78, 5) is 45.6. The van der Waals surface area contributed by atoms with Gasteiger partial charge in [0.2, 0.25) is 0 Å². The van der Waals surface area contributed by atoms with Gasteiger partial charge in [0.1, 0.15) is 5.54 Å². The van der Waals surface area contributed by atoms with Crippen molar-refractivity contribution < 1.29 is 28.7 Å². The fourth-order valence-corrected chi connectivity index (χ4v) is 1.46. The number of imide groups is 1. The molecule has 0 unspecified atom stereocenters. The van der Waals surface area contributed by atoms with Crippen molar-refractivity contribution in [3.8, 4) is 0 Å². The van der Waals surface area contributed by atoms with Crippen molar-refractivity contribution in [3.63, 3.8) is 0 Å². The number of ether oxygens (including phenoxy) is 2. The normalized spacial score (nSPS) is 18.2. The van der Waals surface area contributed by atoms with Crippen LogP contribution in [-0.2, 0) is 23.9 Å². The second-order valence-corrected chi connectivity index (χ2v) is 3.79. The second kappa shape index (κ2) is 4.81. The number of urea groups is 1. The highest BCUT2D eigenvalue weighted by atomic mass is 16.5. The van der Waals surface area contributed by atoms with Crippen molar-refractivity contribution in [2.24, 2.45) is 0 Å². The summed E-state index contributed by atoms with van der Waals surface area (Å²) in [6, 6.07) is -0.677. The topological polar surface area (TPSA) is 93.2 Å². The third-order valence-electron chi connectivity index (χ3n) is 2.45. The Bertz CT molecular complexity index is 353. The van der Waals surface area contributed by atoms with E-state index < -0.39 is 24.2 Å². The number of amides is 3. The molecule has 0 aromatic carbocycles. The van der Waals surface area contributed by atoms with Crippen LogP contribution >= 0.6 is 0 Å². The molecular formula is C9H12N2O6. The van der Waals surface area contributed by atoms with Crippen molar-refractivity contribution in [2.75, 3.05) is 13.5 Å². The Kier molecular flexibility index (Phi) is 3.66. The number of hydrogen-bond acceptors (Lipinski definition) is 6. The molecule has 0 aromatic heterocycles. The quantitative estimate of drug-likeness (QED) is 0.452. The zero-order chi connectivity index (χ0) is 13.1. The summed E-state index contributed by atoms with van der Waals surface area (Å²) in [6.07, 6.45) is 0. The molecule has 0 atom stereocenters. The zero-order valence-electron chi connectivity index (χ0n) is 9.41. The van der Waals surface area contributed by atoms with E-state index in [0.29, 0.717) is 0 Å². The van der Waals surface area contributed by atoms with E-state index in [2.05, 4.69) is 9.47 Å². The van der Waals surface area contributed by atoms with Gasteiger partial charge in [-0.15, -0.1) is 0 Å². The maximum absolute atomic E-state index is 11.8. The molecule has 1 saturated heterocycles. The standard InChI is InChI=1S/C9H12N2O6/c1-9(2)7(14)10(3-16-5-12)8(15)11(9)4-17-6-13/h5-6H,3-4H2,1-2H3. The van der Waals surface area contributed by atoms with Crippen LogP contribution < -0.4 is 0 Å². The summed E-state index contributed by atoms with van der Waals surface area (Å²) in [5, 5.41) is 0. The molecular weight excluding hydrogens is 232 g/mol. The second-order valence-electron chi connectivity index (χ2n) is 3.79. The summed E-state index contributed by atoms with van der Waals surface area (Å²) in [5.74, 6) is -0.529. The van der Waals surface area contributed by atoms with Crippen LogP contribution in [0.1, 0.15) is 13.8 Å². The summed E-state index contributed by atoms with van der Waals surface area (Å²) in [6.45, 7) is 2.53. The predicted molar refractivity (Wildman–Crippen MR) is 52.2 cm³/mol. The smallest absolute Gasteiger partial charge is 0.333 e. The van der Waals surface area contributed by atoms with Gasteiger partial charge in [0, 0.05) is 0 Å². The van der Waals surface area contributed by atoms with Crippen molar-refractivity contribution >= 4 is 24.9 Å². The van der Waals surface area contributed by atoms with Crippen molar-refractivity contribution in [1.82, 2.24) is 9.80 Å². The van der Waals surface area contributed by atoms with Crippen molar-refractivity contribution in [3.05, 3.63) is 0 Å². The Morgan fingerprint density at radius 2 is 1.65 bits per heavy atom. The Morgan fingerprint density at radius 1 is 1.12 bits per heavy atom. The molecule has 17 heavy (non-hydrogen) atoms. The first-order chi connectivity index (χ1) is 7.96. The van der Waals surface area contributed by atoms with E-state index in [1.54, 1.807) is 0 Å². The molecule has 1 rings (SSSR count). The van der Waals surface area contributed by atoms with Gasteiger partial charge in [-0.05, 0) is 13.8 Å². The Morgan fingerprint density at radius 3 is 2.18 bits per heavy atom. The Balaban J connectivity index is 2.85. The molecule has 1 aliphatic heterocycles. The minimum absolute atomic E-state index is 0.137. The van der Waals surface area contributed by atoms with Crippen molar-refractivity contribution in [1.29, 1.82) is 0 Å². The Hall–Kier alpha value is -2.12. The van der Waals surface area contributed by atoms with Gasteiger partial charge in [0.15, 0.2) is 13.5 Å². The number of hydrogen-bond donors (Lipinski definition) is 0. The van der Waals surface area contributed by atoms with Gasteiger partial charge in [-0.3, -0.25) is 19.3 Å². The van der Waals surface area contributed by atoms with Gasteiger partial charge < -0.3 is 9.47 Å². The molecule has 94 valence electrons. The van der Waals surface area contributed by atoms with Crippen LogP contribution in [0, 0.1) is 0 Å². The fraction of sp³-hybridized carbons (Fsp3) is 0.556. The number of rotatable bonds is 6. The van der Waals surface area contributed by atoms with Crippen molar-refractivity contribution in [2.45, 2.75) is 19.4 Å². The summed E-state index contributed by atoms with van der Waals surface area (Å²) in [5.41, 5.74) is -1.15. The van der Waals surface area contributed by atoms with Gasteiger partial charge in [-0.2, -0.15) is 0 Å². The maximum atomic E-state index is 11.8. The molecule has 3 amide bonds. The monoisotopic (exact) mass is 244 g/mol. The molecule has 8 nitrogen and oxygen atoms in total. The molecule has 1 fully saturated rings. The highest BCUT2D eigenvalue weighted by molar-refractivity contribution is 6.06. The molecule has 0 spiro atoms. The average molecular weight is 244 g/mol.